The zero-order chi connectivity index (χ0) is 10.7. The number of benzene rings is 1. The highest BCUT2D eigenvalue weighted by molar-refractivity contribution is 7.83. The van der Waals surface area contributed by atoms with Crippen LogP contribution in [0.15, 0.2) is 22.6 Å². The van der Waals surface area contributed by atoms with Crippen LogP contribution in [0.2, 0.25) is 10.0 Å². The van der Waals surface area contributed by atoms with Gasteiger partial charge in [0.05, 0.1) is 15.8 Å². The highest BCUT2D eigenvalue weighted by atomic mass is 35.5. The molecule has 0 bridgehead atoms. The third-order valence-corrected chi connectivity index (χ3v) is 2.87. The van der Waals surface area contributed by atoms with Crippen LogP contribution in [-0.2, 0) is 11.0 Å². The second-order valence-electron chi connectivity index (χ2n) is 2.73. The summed E-state index contributed by atoms with van der Waals surface area (Å²) >= 11 is 11.6. The molecular weight excluding hydrogens is 241 g/mol. The normalized spacial score (nSPS) is 14.1. The predicted octanol–water partition coefficient (Wildman–Crippen LogP) is 3.10. The van der Waals surface area contributed by atoms with E-state index in [0.29, 0.717) is 15.8 Å². The Kier molecular flexibility index (Phi) is 4.11. The maximum absolute atomic E-state index is 10.8. The maximum atomic E-state index is 10.8. The van der Waals surface area contributed by atoms with Crippen LogP contribution in [-0.4, -0.2) is 16.2 Å². The van der Waals surface area contributed by atoms with Crippen LogP contribution >= 0.6 is 23.2 Å². The molecule has 0 N–H and O–H groups in total. The topological polar surface area (TPSA) is 29.4 Å². The van der Waals surface area contributed by atoms with Gasteiger partial charge in [-0.25, -0.2) is 4.21 Å². The van der Waals surface area contributed by atoms with E-state index in [1.807, 2.05) is 0 Å². The van der Waals surface area contributed by atoms with Crippen LogP contribution < -0.4 is 0 Å². The molecule has 0 heterocycles. The molecule has 0 aliphatic heterocycles. The zero-order valence-electron chi connectivity index (χ0n) is 7.75. The van der Waals surface area contributed by atoms with Gasteiger partial charge in [-0.3, -0.25) is 0 Å². The smallest absolute Gasteiger partial charge is 0.136 e. The Morgan fingerprint density at radius 1 is 1.36 bits per heavy atom. The molecule has 0 fully saturated rings. The lowest BCUT2D eigenvalue weighted by molar-refractivity contribution is 0.688. The first-order chi connectivity index (χ1) is 6.50. The maximum Gasteiger partial charge on any atom is 0.136 e. The molecule has 0 amide bonds. The Morgan fingerprint density at radius 3 is 2.50 bits per heavy atom. The number of rotatable bonds is 2. The van der Waals surface area contributed by atoms with Gasteiger partial charge in [0.15, 0.2) is 0 Å². The minimum Gasteiger partial charge on any atom is -0.235 e. The predicted molar refractivity (Wildman–Crippen MR) is 62.7 cm³/mol. The fraction of sp³-hybridized carbons (Fsp3) is 0.222. The van der Waals surface area contributed by atoms with Crippen molar-refractivity contribution in [1.82, 2.24) is 0 Å². The third kappa shape index (κ3) is 3.08. The third-order valence-electron chi connectivity index (χ3n) is 1.60. The van der Waals surface area contributed by atoms with Gasteiger partial charge in [-0.1, -0.05) is 29.3 Å². The summed E-state index contributed by atoms with van der Waals surface area (Å²) in [5.41, 5.74) is 1.51. The number of hydrogen-bond donors (Lipinski definition) is 0. The van der Waals surface area contributed by atoms with E-state index >= 15 is 0 Å². The van der Waals surface area contributed by atoms with Gasteiger partial charge in [-0.2, -0.15) is 4.40 Å². The van der Waals surface area contributed by atoms with Gasteiger partial charge in [0.2, 0.25) is 0 Å². The highest BCUT2D eigenvalue weighted by Gasteiger charge is 2.02. The molecule has 2 nitrogen and oxygen atoms in total. The quantitative estimate of drug-likeness (QED) is 0.741. The van der Waals surface area contributed by atoms with E-state index in [-0.39, 0.29) is 0 Å². The van der Waals surface area contributed by atoms with Crippen molar-refractivity contribution in [2.45, 2.75) is 6.92 Å². The average Bonchev–Trinajstić information content (AvgIpc) is 2.08. The second kappa shape index (κ2) is 4.91. The van der Waals surface area contributed by atoms with E-state index in [2.05, 4.69) is 4.40 Å². The molecule has 1 unspecified atom stereocenters. The first-order valence-electron chi connectivity index (χ1n) is 3.85. The molecule has 1 aromatic carbocycles. The Balaban J connectivity index is 3.09. The van der Waals surface area contributed by atoms with Gasteiger partial charge in [0.25, 0.3) is 0 Å². The van der Waals surface area contributed by atoms with Crippen molar-refractivity contribution >= 4 is 39.9 Å². The summed E-state index contributed by atoms with van der Waals surface area (Å²) in [6.07, 6.45) is 1.51. The molecule has 76 valence electrons. The van der Waals surface area contributed by atoms with Crippen LogP contribution in [0.5, 0.6) is 0 Å². The van der Waals surface area contributed by atoms with Crippen molar-refractivity contribution in [3.05, 3.63) is 33.8 Å². The van der Waals surface area contributed by atoms with Crippen molar-refractivity contribution in [3.63, 3.8) is 0 Å². The van der Waals surface area contributed by atoms with Gasteiger partial charge in [0.1, 0.15) is 11.0 Å². The fourth-order valence-electron chi connectivity index (χ4n) is 0.967. The summed E-state index contributed by atoms with van der Waals surface area (Å²) in [6, 6.07) is 5.19. The largest absolute Gasteiger partial charge is 0.235 e. The van der Waals surface area contributed by atoms with Crippen molar-refractivity contribution in [1.29, 1.82) is 0 Å². The minimum atomic E-state index is -1.20. The van der Waals surface area contributed by atoms with E-state index in [9.17, 15) is 4.21 Å². The Labute approximate surface area is 95.5 Å². The molecule has 0 aliphatic carbocycles. The number of nitrogens with zero attached hydrogens (tertiary/aromatic N) is 1. The summed E-state index contributed by atoms with van der Waals surface area (Å²) in [5.74, 6) is 0. The molecule has 0 aliphatic rings. The second-order valence-corrected chi connectivity index (χ2v) is 4.57. The lowest BCUT2D eigenvalue weighted by Gasteiger charge is -2.01. The van der Waals surface area contributed by atoms with Crippen LogP contribution in [0.3, 0.4) is 0 Å². The van der Waals surface area contributed by atoms with Crippen LogP contribution in [0.1, 0.15) is 12.5 Å². The molecular formula is C9H9Cl2NOS. The zero-order valence-corrected chi connectivity index (χ0v) is 10.1. The van der Waals surface area contributed by atoms with Crippen molar-refractivity contribution in [2.24, 2.45) is 4.40 Å². The Morgan fingerprint density at radius 2 is 2.00 bits per heavy atom. The highest BCUT2D eigenvalue weighted by Crippen LogP contribution is 2.22. The summed E-state index contributed by atoms with van der Waals surface area (Å²) in [5, 5.41) is 0.974. The van der Waals surface area contributed by atoms with E-state index in [4.69, 9.17) is 23.2 Å². The van der Waals surface area contributed by atoms with Gasteiger partial charge < -0.3 is 0 Å². The SMILES string of the molecule is C/C(=N/S(C)=O)c1ccc(Cl)c(Cl)c1. The van der Waals surface area contributed by atoms with E-state index in [1.165, 1.54) is 6.26 Å². The van der Waals surface area contributed by atoms with Crippen molar-refractivity contribution < 1.29 is 4.21 Å². The lowest BCUT2D eigenvalue weighted by Crippen LogP contribution is -1.96. The standard InChI is InChI=1S/C9H9Cl2NOS/c1-6(12-14(2)13)7-3-4-8(10)9(11)5-7/h3-5H,1-2H3/b12-6-. The molecule has 0 saturated heterocycles. The summed E-state index contributed by atoms with van der Waals surface area (Å²) < 4.78 is 14.7. The van der Waals surface area contributed by atoms with Gasteiger partial charge in [-0.05, 0) is 24.6 Å². The molecule has 0 saturated carbocycles. The molecule has 0 spiro atoms. The monoisotopic (exact) mass is 249 g/mol. The Bertz CT molecular complexity index is 404. The molecule has 0 aromatic heterocycles. The Hall–Kier alpha value is -0.380. The molecule has 1 aromatic rings. The minimum absolute atomic E-state index is 0.473. The first-order valence-corrected chi connectivity index (χ1v) is 6.12. The molecule has 1 rings (SSSR count). The summed E-state index contributed by atoms with van der Waals surface area (Å²) in [4.78, 5) is 0. The molecule has 14 heavy (non-hydrogen) atoms. The van der Waals surface area contributed by atoms with E-state index in [0.717, 1.165) is 5.56 Å². The van der Waals surface area contributed by atoms with E-state index < -0.39 is 11.0 Å². The first kappa shape index (κ1) is 11.7. The van der Waals surface area contributed by atoms with Gasteiger partial charge >= 0.3 is 0 Å². The van der Waals surface area contributed by atoms with Crippen LogP contribution in [0.4, 0.5) is 0 Å². The molecule has 5 heteroatoms. The molecule has 1 atom stereocenters. The summed E-state index contributed by atoms with van der Waals surface area (Å²) in [7, 11) is -1.20. The fourth-order valence-corrected chi connectivity index (χ4v) is 1.76. The summed E-state index contributed by atoms with van der Waals surface area (Å²) in [6.45, 7) is 1.78. The van der Waals surface area contributed by atoms with Crippen molar-refractivity contribution in [2.75, 3.05) is 6.26 Å². The number of hydrogen-bond acceptors (Lipinski definition) is 1. The number of halogens is 2. The lowest BCUT2D eigenvalue weighted by atomic mass is 10.1. The van der Waals surface area contributed by atoms with Crippen molar-refractivity contribution in [3.8, 4) is 0 Å². The van der Waals surface area contributed by atoms with Crippen LogP contribution in [0.25, 0.3) is 0 Å². The average molecular weight is 250 g/mol. The van der Waals surface area contributed by atoms with E-state index in [1.54, 1.807) is 25.1 Å². The van der Waals surface area contributed by atoms with Gasteiger partial charge in [-0.15, -0.1) is 0 Å². The van der Waals surface area contributed by atoms with Crippen LogP contribution in [0, 0.1) is 0 Å². The van der Waals surface area contributed by atoms with Gasteiger partial charge in [0, 0.05) is 6.26 Å². The molecule has 0 radical (unpaired) electrons.